The molecule has 112 valence electrons. The minimum Gasteiger partial charge on any atom is -0.340 e. The monoisotopic (exact) mass is 290 g/mol. The smallest absolute Gasteiger partial charge is 0.320 e. The van der Waals surface area contributed by atoms with Gasteiger partial charge in [-0.25, -0.2) is 14.8 Å². The van der Waals surface area contributed by atoms with Gasteiger partial charge < -0.3 is 15.2 Å². The fraction of sp³-hybridized carbons (Fsp3) is 0.462. The number of rotatable bonds is 4. The average Bonchev–Trinajstić information content (AvgIpc) is 2.86. The lowest BCUT2D eigenvalue weighted by atomic mass is 10.1. The summed E-state index contributed by atoms with van der Waals surface area (Å²) in [6, 6.07) is -0.393. The molecule has 0 aliphatic carbocycles. The fourth-order valence-electron chi connectivity index (χ4n) is 1.66. The molecule has 0 bridgehead atoms. The van der Waals surface area contributed by atoms with Crippen molar-refractivity contribution in [1.29, 1.82) is 0 Å². The highest BCUT2D eigenvalue weighted by molar-refractivity contribution is 5.89. The van der Waals surface area contributed by atoms with Gasteiger partial charge in [-0.3, -0.25) is 0 Å². The van der Waals surface area contributed by atoms with Gasteiger partial charge in [0.2, 0.25) is 5.89 Å². The van der Waals surface area contributed by atoms with Crippen molar-refractivity contribution in [3.05, 3.63) is 29.9 Å². The van der Waals surface area contributed by atoms with Crippen LogP contribution < -0.4 is 10.6 Å². The van der Waals surface area contributed by atoms with Crippen molar-refractivity contribution in [1.82, 2.24) is 25.4 Å². The van der Waals surface area contributed by atoms with Crippen LogP contribution in [0, 0.1) is 6.92 Å². The van der Waals surface area contributed by atoms with E-state index in [9.17, 15) is 4.79 Å². The molecule has 0 atom stereocenters. The number of aryl methyl sites for hydroxylation is 2. The van der Waals surface area contributed by atoms with Crippen molar-refractivity contribution in [3.63, 3.8) is 0 Å². The van der Waals surface area contributed by atoms with Gasteiger partial charge in [0.05, 0.1) is 23.6 Å². The Kier molecular flexibility index (Phi) is 4.15. The van der Waals surface area contributed by atoms with Gasteiger partial charge in [0.1, 0.15) is 5.82 Å². The van der Waals surface area contributed by atoms with Gasteiger partial charge in [-0.2, -0.15) is 4.98 Å². The Balaban J connectivity index is 2.00. The number of anilines is 1. The second-order valence-electron chi connectivity index (χ2n) is 5.08. The molecular weight excluding hydrogens is 272 g/mol. The molecule has 0 radical (unpaired) electrons. The van der Waals surface area contributed by atoms with Crippen molar-refractivity contribution in [3.8, 4) is 0 Å². The number of carbonyl (C=O) groups excluding carboxylic acids is 1. The summed E-state index contributed by atoms with van der Waals surface area (Å²) in [5, 5.41) is 9.25. The number of amides is 2. The largest absolute Gasteiger partial charge is 0.340 e. The lowest BCUT2D eigenvalue weighted by Gasteiger charge is -2.22. The predicted octanol–water partition coefficient (Wildman–Crippen LogP) is 1.79. The van der Waals surface area contributed by atoms with E-state index in [4.69, 9.17) is 4.52 Å². The Morgan fingerprint density at radius 2 is 2.00 bits per heavy atom. The molecule has 21 heavy (non-hydrogen) atoms. The molecule has 0 unspecified atom stereocenters. The van der Waals surface area contributed by atoms with Crippen molar-refractivity contribution >= 4 is 11.7 Å². The molecule has 0 aliphatic rings. The summed E-state index contributed by atoms with van der Waals surface area (Å²) in [4.78, 5) is 24.3. The molecule has 2 aromatic rings. The molecule has 8 nitrogen and oxygen atoms in total. The lowest BCUT2D eigenvalue weighted by molar-refractivity contribution is 0.239. The molecule has 0 saturated heterocycles. The molecule has 2 rings (SSSR count). The molecule has 2 amide bonds. The zero-order valence-electron chi connectivity index (χ0n) is 12.5. The van der Waals surface area contributed by atoms with Crippen LogP contribution in [0.25, 0.3) is 0 Å². The Morgan fingerprint density at radius 3 is 2.52 bits per heavy atom. The van der Waals surface area contributed by atoms with Gasteiger partial charge in [0, 0.05) is 13.3 Å². The van der Waals surface area contributed by atoms with E-state index in [0.29, 0.717) is 17.4 Å². The second kappa shape index (κ2) is 5.86. The van der Waals surface area contributed by atoms with Crippen LogP contribution in [-0.2, 0) is 12.0 Å². The number of hydrogen-bond donors (Lipinski definition) is 2. The molecule has 0 saturated carbocycles. The Labute approximate surface area is 122 Å². The van der Waals surface area contributed by atoms with E-state index < -0.39 is 11.6 Å². The summed E-state index contributed by atoms with van der Waals surface area (Å²) in [6.07, 6.45) is 3.88. The molecule has 0 aromatic carbocycles. The maximum atomic E-state index is 12.0. The zero-order valence-corrected chi connectivity index (χ0v) is 12.5. The first-order chi connectivity index (χ1) is 9.90. The summed E-state index contributed by atoms with van der Waals surface area (Å²) in [5.74, 6) is 1.58. The normalized spacial score (nSPS) is 11.2. The molecule has 0 aliphatic heterocycles. The number of carbonyl (C=O) groups is 1. The van der Waals surface area contributed by atoms with Crippen LogP contribution in [-0.4, -0.2) is 26.1 Å². The summed E-state index contributed by atoms with van der Waals surface area (Å²) in [7, 11) is 0. The standard InChI is InChI=1S/C13H18N6O2/c1-5-10-14-6-9(7-15-10)17-12(20)18-13(3,4)11-16-8(2)21-19-11/h6-7H,5H2,1-4H3,(H2,17,18,20). The Bertz CT molecular complexity index is 620. The first kappa shape index (κ1) is 14.9. The molecule has 2 heterocycles. The molecular formula is C13H18N6O2. The number of nitrogens with one attached hydrogen (secondary N) is 2. The van der Waals surface area contributed by atoms with E-state index in [2.05, 4.69) is 30.7 Å². The number of nitrogens with zero attached hydrogens (tertiary/aromatic N) is 4. The molecule has 0 fully saturated rings. The van der Waals surface area contributed by atoms with E-state index in [1.165, 1.54) is 0 Å². The average molecular weight is 290 g/mol. The summed E-state index contributed by atoms with van der Waals surface area (Å²) < 4.78 is 4.92. The van der Waals surface area contributed by atoms with Crippen molar-refractivity contribution < 1.29 is 9.32 Å². The first-order valence-corrected chi connectivity index (χ1v) is 6.61. The molecule has 2 aromatic heterocycles. The number of hydrogen-bond acceptors (Lipinski definition) is 6. The van der Waals surface area contributed by atoms with Crippen LogP contribution in [0.15, 0.2) is 16.9 Å². The van der Waals surface area contributed by atoms with E-state index in [0.717, 1.165) is 12.2 Å². The summed E-state index contributed by atoms with van der Waals surface area (Å²) >= 11 is 0. The highest BCUT2D eigenvalue weighted by Gasteiger charge is 2.28. The third-order valence-electron chi connectivity index (χ3n) is 2.79. The van der Waals surface area contributed by atoms with Crippen molar-refractivity contribution in [2.75, 3.05) is 5.32 Å². The maximum Gasteiger partial charge on any atom is 0.320 e. The van der Waals surface area contributed by atoms with Gasteiger partial charge in [-0.15, -0.1) is 0 Å². The first-order valence-electron chi connectivity index (χ1n) is 6.61. The minimum absolute atomic E-state index is 0.393. The molecule has 8 heteroatoms. The summed E-state index contributed by atoms with van der Waals surface area (Å²) in [5.41, 5.74) is -0.240. The lowest BCUT2D eigenvalue weighted by Crippen LogP contribution is -2.44. The second-order valence-corrected chi connectivity index (χ2v) is 5.08. The van der Waals surface area contributed by atoms with Crippen LogP contribution in [0.5, 0.6) is 0 Å². The highest BCUT2D eigenvalue weighted by atomic mass is 16.5. The maximum absolute atomic E-state index is 12.0. The number of urea groups is 1. The summed E-state index contributed by atoms with van der Waals surface area (Å²) in [6.45, 7) is 7.23. The third-order valence-corrected chi connectivity index (χ3v) is 2.79. The molecule has 0 spiro atoms. The van der Waals surface area contributed by atoms with Crippen LogP contribution in [0.1, 0.15) is 38.3 Å². The van der Waals surface area contributed by atoms with Crippen LogP contribution >= 0.6 is 0 Å². The van der Waals surface area contributed by atoms with Crippen molar-refractivity contribution in [2.24, 2.45) is 0 Å². The van der Waals surface area contributed by atoms with Gasteiger partial charge in [-0.1, -0.05) is 12.1 Å². The van der Waals surface area contributed by atoms with Gasteiger partial charge >= 0.3 is 6.03 Å². The molecule has 2 N–H and O–H groups in total. The topological polar surface area (TPSA) is 106 Å². The van der Waals surface area contributed by atoms with E-state index in [1.807, 2.05) is 6.92 Å². The Morgan fingerprint density at radius 1 is 1.33 bits per heavy atom. The minimum atomic E-state index is -0.758. The van der Waals surface area contributed by atoms with Crippen LogP contribution in [0.2, 0.25) is 0 Å². The van der Waals surface area contributed by atoms with E-state index in [1.54, 1.807) is 33.2 Å². The number of aromatic nitrogens is 4. The quantitative estimate of drug-likeness (QED) is 0.889. The third kappa shape index (κ3) is 3.74. The highest BCUT2D eigenvalue weighted by Crippen LogP contribution is 2.16. The van der Waals surface area contributed by atoms with Gasteiger partial charge in [0.25, 0.3) is 0 Å². The van der Waals surface area contributed by atoms with Crippen molar-refractivity contribution in [2.45, 2.75) is 39.7 Å². The Hall–Kier alpha value is -2.51. The predicted molar refractivity (Wildman–Crippen MR) is 75.6 cm³/mol. The van der Waals surface area contributed by atoms with E-state index in [-0.39, 0.29) is 0 Å². The van der Waals surface area contributed by atoms with Crippen LogP contribution in [0.4, 0.5) is 10.5 Å². The van der Waals surface area contributed by atoms with Crippen LogP contribution in [0.3, 0.4) is 0 Å². The van der Waals surface area contributed by atoms with E-state index >= 15 is 0 Å². The zero-order chi connectivity index (χ0) is 15.5. The van der Waals surface area contributed by atoms with Gasteiger partial charge in [-0.05, 0) is 13.8 Å². The fourth-order valence-corrected chi connectivity index (χ4v) is 1.66. The van der Waals surface area contributed by atoms with Gasteiger partial charge in [0.15, 0.2) is 5.82 Å². The SMILES string of the molecule is CCc1ncc(NC(=O)NC(C)(C)c2noc(C)n2)cn1.